The molecular weight excluding hydrogens is 481 g/mol. The maximum Gasteiger partial charge on any atom is 0.256 e. The van der Waals surface area contributed by atoms with Crippen LogP contribution in [0, 0.1) is 5.82 Å². The van der Waals surface area contributed by atoms with Crippen LogP contribution in [0.2, 0.25) is 5.02 Å². The molecule has 0 saturated heterocycles. The summed E-state index contributed by atoms with van der Waals surface area (Å²) < 4.78 is 15.8. The van der Waals surface area contributed by atoms with Crippen LogP contribution in [0.15, 0.2) is 85.3 Å². The fourth-order valence-corrected chi connectivity index (χ4v) is 4.69. The fraction of sp³-hybridized carbons (Fsp3) is 0.0370. The summed E-state index contributed by atoms with van der Waals surface area (Å²) in [6.45, 7) is 0. The van der Waals surface area contributed by atoms with Gasteiger partial charge in [-0.25, -0.2) is 13.9 Å². The van der Waals surface area contributed by atoms with Crippen molar-refractivity contribution >= 4 is 34.7 Å². The topological polar surface area (TPSA) is 88.4 Å². The summed E-state index contributed by atoms with van der Waals surface area (Å²) in [5.41, 5.74) is 4.04. The Kier molecular flexibility index (Phi) is 5.23. The van der Waals surface area contributed by atoms with Crippen molar-refractivity contribution in [1.82, 2.24) is 19.9 Å². The molecule has 0 saturated carbocycles. The van der Waals surface area contributed by atoms with E-state index in [2.05, 4.69) is 20.7 Å². The second-order valence-corrected chi connectivity index (χ2v) is 8.77. The van der Waals surface area contributed by atoms with Crippen molar-refractivity contribution in [2.45, 2.75) is 6.04 Å². The van der Waals surface area contributed by atoms with Gasteiger partial charge in [0.05, 0.1) is 6.04 Å². The number of anilines is 1. The summed E-state index contributed by atoms with van der Waals surface area (Å²) in [5, 5.41) is 10.2. The highest BCUT2D eigenvalue weighted by atomic mass is 35.5. The molecule has 0 fully saturated rings. The van der Waals surface area contributed by atoms with E-state index in [0.29, 0.717) is 33.6 Å². The normalized spacial score (nSPS) is 14.5. The van der Waals surface area contributed by atoms with E-state index in [9.17, 15) is 14.0 Å². The second-order valence-electron chi connectivity index (χ2n) is 8.36. The molecule has 1 aliphatic heterocycles. The van der Waals surface area contributed by atoms with E-state index in [4.69, 9.17) is 11.6 Å². The molecule has 9 heteroatoms. The first-order valence-electron chi connectivity index (χ1n) is 11.1. The maximum atomic E-state index is 14.1. The van der Waals surface area contributed by atoms with Crippen molar-refractivity contribution in [3.63, 3.8) is 0 Å². The molecule has 7 nitrogen and oxygen atoms in total. The Labute approximate surface area is 209 Å². The third-order valence-electron chi connectivity index (χ3n) is 6.14. The SMILES string of the molecule is O=C(Nc1ccccc1)c1cc(-c2ccc3ncnn3c2)cc2c1C(c1cc(F)ccc1Cl)NC2=O. The lowest BCUT2D eigenvalue weighted by Crippen LogP contribution is -2.22. The number of benzene rings is 3. The first-order valence-corrected chi connectivity index (χ1v) is 11.5. The summed E-state index contributed by atoms with van der Waals surface area (Å²) in [7, 11) is 0. The third-order valence-corrected chi connectivity index (χ3v) is 6.49. The van der Waals surface area contributed by atoms with Crippen molar-refractivity contribution in [3.05, 3.63) is 118 Å². The van der Waals surface area contributed by atoms with Crippen molar-refractivity contribution in [3.8, 4) is 11.1 Å². The molecule has 36 heavy (non-hydrogen) atoms. The van der Waals surface area contributed by atoms with Gasteiger partial charge < -0.3 is 10.6 Å². The van der Waals surface area contributed by atoms with E-state index in [1.54, 1.807) is 41.0 Å². The van der Waals surface area contributed by atoms with Gasteiger partial charge in [-0.3, -0.25) is 9.59 Å². The molecule has 6 rings (SSSR count). The summed E-state index contributed by atoms with van der Waals surface area (Å²) in [6.07, 6.45) is 3.22. The standard InChI is InChI=1S/C27H17ClFN5O2/c28-22-8-7-17(29)12-19(22)25-24-20(26(35)32-18-4-2-1-3-5-18)10-16(11-21(24)27(36)33-25)15-6-9-23-30-14-31-34(23)13-15/h1-14,25H,(H,32,35)(H,33,36). The quantitative estimate of drug-likeness (QED) is 0.354. The van der Waals surface area contributed by atoms with Gasteiger partial charge in [0.1, 0.15) is 12.1 Å². The van der Waals surface area contributed by atoms with Gasteiger partial charge in [-0.15, -0.1) is 0 Å². The molecule has 0 bridgehead atoms. The zero-order chi connectivity index (χ0) is 24.8. The predicted molar refractivity (Wildman–Crippen MR) is 134 cm³/mol. The Morgan fingerprint density at radius 2 is 1.86 bits per heavy atom. The maximum absolute atomic E-state index is 14.1. The molecule has 176 valence electrons. The van der Waals surface area contributed by atoms with E-state index in [1.165, 1.54) is 24.5 Å². The summed E-state index contributed by atoms with van der Waals surface area (Å²) in [5.74, 6) is -1.28. The molecular formula is C27H17ClFN5O2. The first kappa shape index (κ1) is 21.9. The molecule has 1 aliphatic rings. The third kappa shape index (κ3) is 3.77. The minimum absolute atomic E-state index is 0.272. The minimum Gasteiger partial charge on any atom is -0.341 e. The molecule has 3 heterocycles. The smallest absolute Gasteiger partial charge is 0.256 e. The number of fused-ring (bicyclic) bond motifs is 2. The fourth-order valence-electron chi connectivity index (χ4n) is 4.46. The van der Waals surface area contributed by atoms with Crippen LogP contribution in [0.25, 0.3) is 16.8 Å². The number of pyridine rings is 1. The van der Waals surface area contributed by atoms with E-state index >= 15 is 0 Å². The minimum atomic E-state index is -0.793. The van der Waals surface area contributed by atoms with Crippen LogP contribution >= 0.6 is 11.6 Å². The number of aromatic nitrogens is 3. The number of nitrogens with zero attached hydrogens (tertiary/aromatic N) is 3. The van der Waals surface area contributed by atoms with Crippen molar-refractivity contribution in [2.75, 3.05) is 5.32 Å². The first-order chi connectivity index (χ1) is 17.5. The Balaban J connectivity index is 1.54. The number of hydrogen-bond acceptors (Lipinski definition) is 4. The monoisotopic (exact) mass is 497 g/mol. The van der Waals surface area contributed by atoms with E-state index in [1.807, 2.05) is 24.3 Å². The molecule has 1 unspecified atom stereocenters. The van der Waals surface area contributed by atoms with Gasteiger partial charge in [0.25, 0.3) is 11.8 Å². The van der Waals surface area contributed by atoms with Crippen LogP contribution in [0.3, 0.4) is 0 Å². The number of hydrogen-bond donors (Lipinski definition) is 2. The molecule has 1 atom stereocenters. The van der Waals surface area contributed by atoms with Gasteiger partial charge in [-0.05, 0) is 60.2 Å². The Morgan fingerprint density at radius 3 is 2.69 bits per heavy atom. The molecule has 2 aromatic heterocycles. The molecule has 2 N–H and O–H groups in total. The summed E-state index contributed by atoms with van der Waals surface area (Å²) in [6, 6.07) is 19.2. The van der Waals surface area contributed by atoms with Crippen LogP contribution in [-0.4, -0.2) is 26.4 Å². The number of halogens is 2. The van der Waals surface area contributed by atoms with Crippen LogP contribution in [0.1, 0.15) is 37.9 Å². The lowest BCUT2D eigenvalue weighted by molar-refractivity contribution is 0.0959. The molecule has 0 spiro atoms. The number of carbonyl (C=O) groups excluding carboxylic acids is 2. The number of rotatable bonds is 4. The van der Waals surface area contributed by atoms with Crippen LogP contribution < -0.4 is 10.6 Å². The highest BCUT2D eigenvalue weighted by Crippen LogP contribution is 2.39. The van der Waals surface area contributed by atoms with Gasteiger partial charge in [0, 0.05) is 44.7 Å². The number of para-hydroxylation sites is 1. The Bertz CT molecular complexity index is 1670. The highest BCUT2D eigenvalue weighted by Gasteiger charge is 2.36. The van der Waals surface area contributed by atoms with Gasteiger partial charge in [0.15, 0.2) is 5.65 Å². The van der Waals surface area contributed by atoms with Gasteiger partial charge in [0.2, 0.25) is 0 Å². The highest BCUT2D eigenvalue weighted by molar-refractivity contribution is 6.31. The van der Waals surface area contributed by atoms with E-state index < -0.39 is 17.8 Å². The van der Waals surface area contributed by atoms with E-state index in [-0.39, 0.29) is 16.5 Å². The van der Waals surface area contributed by atoms with Crippen LogP contribution in [0.4, 0.5) is 10.1 Å². The average Bonchev–Trinajstić information content (AvgIpc) is 3.49. The summed E-state index contributed by atoms with van der Waals surface area (Å²) >= 11 is 6.39. The molecule has 3 aromatic carbocycles. The van der Waals surface area contributed by atoms with Gasteiger partial charge >= 0.3 is 0 Å². The molecule has 5 aromatic rings. The molecule has 0 aliphatic carbocycles. The largest absolute Gasteiger partial charge is 0.341 e. The number of amides is 2. The molecule has 0 radical (unpaired) electrons. The number of carbonyl (C=O) groups is 2. The summed E-state index contributed by atoms with van der Waals surface area (Å²) in [4.78, 5) is 30.9. The van der Waals surface area contributed by atoms with Crippen LogP contribution in [-0.2, 0) is 0 Å². The van der Waals surface area contributed by atoms with Gasteiger partial charge in [-0.2, -0.15) is 5.10 Å². The van der Waals surface area contributed by atoms with Gasteiger partial charge in [-0.1, -0.05) is 29.8 Å². The zero-order valence-electron chi connectivity index (χ0n) is 18.6. The Morgan fingerprint density at radius 1 is 1.03 bits per heavy atom. The van der Waals surface area contributed by atoms with Crippen LogP contribution in [0.5, 0.6) is 0 Å². The zero-order valence-corrected chi connectivity index (χ0v) is 19.3. The van der Waals surface area contributed by atoms with Crippen molar-refractivity contribution in [1.29, 1.82) is 0 Å². The lowest BCUT2D eigenvalue weighted by atomic mass is 9.90. The Hall–Kier alpha value is -4.56. The van der Waals surface area contributed by atoms with E-state index in [0.717, 1.165) is 5.56 Å². The number of nitrogens with one attached hydrogen (secondary N) is 2. The van der Waals surface area contributed by atoms with Crippen molar-refractivity contribution in [2.24, 2.45) is 0 Å². The predicted octanol–water partition coefficient (Wildman–Crippen LogP) is 5.27. The molecule has 2 amide bonds. The average molecular weight is 498 g/mol. The lowest BCUT2D eigenvalue weighted by Gasteiger charge is -2.18. The second kappa shape index (κ2) is 8.58. The van der Waals surface area contributed by atoms with Crippen molar-refractivity contribution < 1.29 is 14.0 Å².